The summed E-state index contributed by atoms with van der Waals surface area (Å²) >= 11 is 6.03. The number of methoxy groups -OCH3 is 1. The van der Waals surface area contributed by atoms with Gasteiger partial charge in [0.2, 0.25) is 0 Å². The first kappa shape index (κ1) is 20.0. The van der Waals surface area contributed by atoms with Crippen molar-refractivity contribution in [3.63, 3.8) is 0 Å². The van der Waals surface area contributed by atoms with E-state index in [-0.39, 0.29) is 4.90 Å². The molecule has 1 aromatic heterocycles. The standard InChI is InChI=1S/C20H20ClN3O3S/c1-3-24(16-7-5-4-6-8-16)28(25,26)17-10-12-20(22-14-17)23-18-13-15(21)9-11-19(18)27-2/h4-14H,3H2,1-2H3,(H,22,23). The van der Waals surface area contributed by atoms with Crippen LogP contribution >= 0.6 is 11.6 Å². The molecule has 3 aromatic rings. The lowest BCUT2D eigenvalue weighted by atomic mass is 10.3. The molecule has 0 atom stereocenters. The van der Waals surface area contributed by atoms with Gasteiger partial charge in [-0.3, -0.25) is 4.31 Å². The fraction of sp³-hybridized carbons (Fsp3) is 0.150. The van der Waals surface area contributed by atoms with Crippen LogP contribution in [0.4, 0.5) is 17.2 Å². The number of hydrogen-bond donors (Lipinski definition) is 1. The number of halogens is 1. The van der Waals surface area contributed by atoms with Crippen LogP contribution in [0.1, 0.15) is 6.92 Å². The van der Waals surface area contributed by atoms with Gasteiger partial charge in [-0.25, -0.2) is 13.4 Å². The van der Waals surface area contributed by atoms with Crippen molar-refractivity contribution in [3.05, 3.63) is 71.9 Å². The van der Waals surface area contributed by atoms with Crippen LogP contribution in [0.15, 0.2) is 71.8 Å². The smallest absolute Gasteiger partial charge is 0.265 e. The van der Waals surface area contributed by atoms with Crippen molar-refractivity contribution < 1.29 is 13.2 Å². The fourth-order valence-electron chi connectivity index (χ4n) is 2.74. The van der Waals surface area contributed by atoms with Crippen LogP contribution in [-0.2, 0) is 10.0 Å². The van der Waals surface area contributed by atoms with E-state index in [1.165, 1.54) is 16.6 Å². The molecule has 0 aliphatic rings. The van der Waals surface area contributed by atoms with Gasteiger partial charge in [0.1, 0.15) is 16.5 Å². The molecule has 8 heteroatoms. The average Bonchev–Trinajstić information content (AvgIpc) is 2.70. The molecule has 2 aromatic carbocycles. The summed E-state index contributed by atoms with van der Waals surface area (Å²) in [5, 5.41) is 3.63. The molecule has 0 amide bonds. The van der Waals surface area contributed by atoms with Crippen LogP contribution in [0.5, 0.6) is 5.75 Å². The second-order valence-electron chi connectivity index (χ2n) is 5.85. The zero-order valence-electron chi connectivity index (χ0n) is 15.5. The largest absolute Gasteiger partial charge is 0.495 e. The van der Waals surface area contributed by atoms with Gasteiger partial charge in [0.25, 0.3) is 10.0 Å². The van der Waals surface area contributed by atoms with E-state index in [1.807, 2.05) is 6.07 Å². The van der Waals surface area contributed by atoms with Crippen molar-refractivity contribution in [2.75, 3.05) is 23.3 Å². The molecule has 28 heavy (non-hydrogen) atoms. The first-order valence-electron chi connectivity index (χ1n) is 8.60. The summed E-state index contributed by atoms with van der Waals surface area (Å²) in [7, 11) is -2.16. The minimum atomic E-state index is -3.72. The number of para-hydroxylation sites is 1. The van der Waals surface area contributed by atoms with Gasteiger partial charge >= 0.3 is 0 Å². The topological polar surface area (TPSA) is 71.5 Å². The Morgan fingerprint density at radius 1 is 1.11 bits per heavy atom. The summed E-state index contributed by atoms with van der Waals surface area (Å²) in [6, 6.07) is 17.3. The molecule has 0 unspecified atom stereocenters. The highest BCUT2D eigenvalue weighted by molar-refractivity contribution is 7.92. The van der Waals surface area contributed by atoms with Crippen molar-refractivity contribution in [2.24, 2.45) is 0 Å². The molecular formula is C20H20ClN3O3S. The maximum Gasteiger partial charge on any atom is 0.265 e. The summed E-state index contributed by atoms with van der Waals surface area (Å²) < 4.78 is 32.7. The zero-order valence-corrected chi connectivity index (χ0v) is 17.0. The lowest BCUT2D eigenvalue weighted by Gasteiger charge is -2.22. The molecule has 0 aliphatic heterocycles. The predicted octanol–water partition coefficient (Wildman–Crippen LogP) is 4.70. The molecule has 1 N–H and O–H groups in total. The van der Waals surface area contributed by atoms with E-state index in [4.69, 9.17) is 16.3 Å². The second kappa shape index (κ2) is 8.50. The predicted molar refractivity (Wildman–Crippen MR) is 112 cm³/mol. The third-order valence-electron chi connectivity index (χ3n) is 4.08. The molecule has 3 rings (SSSR count). The molecule has 0 bridgehead atoms. The minimum Gasteiger partial charge on any atom is -0.495 e. The van der Waals surface area contributed by atoms with E-state index in [0.717, 1.165) is 0 Å². The van der Waals surface area contributed by atoms with E-state index >= 15 is 0 Å². The monoisotopic (exact) mass is 417 g/mol. The molecule has 146 valence electrons. The molecular weight excluding hydrogens is 398 g/mol. The number of pyridine rings is 1. The van der Waals surface area contributed by atoms with Gasteiger partial charge in [0.15, 0.2) is 0 Å². The van der Waals surface area contributed by atoms with Crippen LogP contribution in [0.3, 0.4) is 0 Å². The third-order valence-corrected chi connectivity index (χ3v) is 6.20. The average molecular weight is 418 g/mol. The first-order chi connectivity index (χ1) is 13.5. The van der Waals surface area contributed by atoms with Crippen LogP contribution in [0, 0.1) is 0 Å². The van der Waals surface area contributed by atoms with Crippen molar-refractivity contribution >= 4 is 38.8 Å². The highest BCUT2D eigenvalue weighted by atomic mass is 35.5. The van der Waals surface area contributed by atoms with Gasteiger partial charge in [-0.1, -0.05) is 29.8 Å². The Bertz CT molecular complexity index is 1040. The van der Waals surface area contributed by atoms with Gasteiger partial charge in [-0.15, -0.1) is 0 Å². The number of sulfonamides is 1. The Hall–Kier alpha value is -2.77. The number of anilines is 3. The number of nitrogens with zero attached hydrogens (tertiary/aromatic N) is 2. The molecule has 1 heterocycles. The van der Waals surface area contributed by atoms with Gasteiger partial charge in [0.05, 0.1) is 18.5 Å². The molecule has 0 radical (unpaired) electrons. The molecule has 0 aliphatic carbocycles. The number of benzene rings is 2. The summed E-state index contributed by atoms with van der Waals surface area (Å²) in [5.74, 6) is 1.08. The highest BCUT2D eigenvalue weighted by Gasteiger charge is 2.23. The van der Waals surface area contributed by atoms with Crippen molar-refractivity contribution in [2.45, 2.75) is 11.8 Å². The maximum absolute atomic E-state index is 13.0. The summed E-state index contributed by atoms with van der Waals surface area (Å²) in [4.78, 5) is 4.35. The quantitative estimate of drug-likeness (QED) is 0.603. The molecule has 0 saturated carbocycles. The van der Waals surface area contributed by atoms with Crippen LogP contribution in [0.2, 0.25) is 5.02 Å². The third kappa shape index (κ3) is 4.21. The molecule has 0 fully saturated rings. The lowest BCUT2D eigenvalue weighted by Crippen LogP contribution is -2.30. The SMILES string of the molecule is CCN(c1ccccc1)S(=O)(=O)c1ccc(Nc2cc(Cl)ccc2OC)nc1. The molecule has 6 nitrogen and oxygen atoms in total. The van der Waals surface area contributed by atoms with E-state index in [0.29, 0.717) is 34.5 Å². The maximum atomic E-state index is 13.0. The Kier molecular flexibility index (Phi) is 6.06. The Morgan fingerprint density at radius 3 is 2.46 bits per heavy atom. The van der Waals surface area contributed by atoms with E-state index < -0.39 is 10.0 Å². The van der Waals surface area contributed by atoms with E-state index in [9.17, 15) is 8.42 Å². The number of ether oxygens (including phenoxy) is 1. The summed E-state index contributed by atoms with van der Waals surface area (Å²) in [5.41, 5.74) is 1.24. The van der Waals surface area contributed by atoms with E-state index in [1.54, 1.807) is 62.6 Å². The van der Waals surface area contributed by atoms with Crippen LogP contribution in [0.25, 0.3) is 0 Å². The number of hydrogen-bond acceptors (Lipinski definition) is 5. The lowest BCUT2D eigenvalue weighted by molar-refractivity contribution is 0.417. The first-order valence-corrected chi connectivity index (χ1v) is 10.4. The fourth-order valence-corrected chi connectivity index (χ4v) is 4.33. The van der Waals surface area contributed by atoms with Gasteiger partial charge < -0.3 is 10.1 Å². The van der Waals surface area contributed by atoms with Gasteiger partial charge in [-0.05, 0) is 49.4 Å². The second-order valence-corrected chi connectivity index (χ2v) is 8.15. The van der Waals surface area contributed by atoms with Gasteiger partial charge in [-0.2, -0.15) is 0 Å². The summed E-state index contributed by atoms with van der Waals surface area (Å²) in [6.07, 6.45) is 1.33. The van der Waals surface area contributed by atoms with Crippen LogP contribution < -0.4 is 14.4 Å². The van der Waals surface area contributed by atoms with Crippen molar-refractivity contribution in [3.8, 4) is 5.75 Å². The van der Waals surface area contributed by atoms with Gasteiger partial charge in [0, 0.05) is 17.8 Å². The summed E-state index contributed by atoms with van der Waals surface area (Å²) in [6.45, 7) is 2.10. The number of rotatable bonds is 7. The molecule has 0 saturated heterocycles. The van der Waals surface area contributed by atoms with Crippen molar-refractivity contribution in [1.29, 1.82) is 0 Å². The van der Waals surface area contributed by atoms with E-state index in [2.05, 4.69) is 10.3 Å². The Morgan fingerprint density at radius 2 is 1.86 bits per heavy atom. The molecule has 0 spiro atoms. The number of aromatic nitrogens is 1. The van der Waals surface area contributed by atoms with Crippen LogP contribution in [-0.4, -0.2) is 27.1 Å². The Labute approximate surface area is 169 Å². The highest BCUT2D eigenvalue weighted by Crippen LogP contribution is 2.30. The van der Waals surface area contributed by atoms with Crippen molar-refractivity contribution in [1.82, 2.24) is 4.98 Å². The normalized spacial score (nSPS) is 11.1. The zero-order chi connectivity index (χ0) is 20.1. The number of nitrogens with one attached hydrogen (secondary N) is 1. The minimum absolute atomic E-state index is 0.113. The Balaban J connectivity index is 1.87.